The normalized spacial score (nSPS) is 10.8. The Bertz CT molecular complexity index is 848. The second-order valence-corrected chi connectivity index (χ2v) is 5.23. The van der Waals surface area contributed by atoms with Gasteiger partial charge in [-0.1, -0.05) is 15.9 Å². The number of carbonyl (C=O) groups is 1. The molecule has 2 aromatic heterocycles. The highest BCUT2D eigenvalue weighted by atomic mass is 79.9. The van der Waals surface area contributed by atoms with E-state index >= 15 is 0 Å². The summed E-state index contributed by atoms with van der Waals surface area (Å²) in [5.41, 5.74) is 0.855. The van der Waals surface area contributed by atoms with Crippen molar-refractivity contribution >= 4 is 33.3 Å². The lowest BCUT2D eigenvalue weighted by Gasteiger charge is -2.04. The second-order valence-electron chi connectivity index (χ2n) is 4.31. The minimum absolute atomic E-state index is 0.0618. The van der Waals surface area contributed by atoms with E-state index in [-0.39, 0.29) is 11.5 Å². The molecule has 0 aliphatic rings. The zero-order chi connectivity index (χ0) is 15.0. The molecule has 0 saturated heterocycles. The highest BCUT2D eigenvalue weighted by molar-refractivity contribution is 9.10. The Morgan fingerprint density at radius 2 is 2.19 bits per heavy atom. The van der Waals surface area contributed by atoms with Crippen molar-refractivity contribution in [2.75, 3.05) is 5.32 Å². The van der Waals surface area contributed by atoms with Crippen LogP contribution in [0.2, 0.25) is 0 Å². The molecule has 1 N–H and O–H groups in total. The Kier molecular flexibility index (Phi) is 3.38. The number of aryl methyl sites for hydroxylation is 1. The van der Waals surface area contributed by atoms with Crippen molar-refractivity contribution in [3.8, 4) is 0 Å². The molecule has 0 bridgehead atoms. The molecule has 0 saturated carbocycles. The maximum Gasteiger partial charge on any atom is 0.295 e. The molecule has 6 nitrogen and oxygen atoms in total. The number of nitrogens with zero attached hydrogens (tertiary/aromatic N) is 4. The van der Waals surface area contributed by atoms with E-state index in [1.807, 2.05) is 6.92 Å². The van der Waals surface area contributed by atoms with Crippen LogP contribution in [0.3, 0.4) is 0 Å². The summed E-state index contributed by atoms with van der Waals surface area (Å²) in [6.45, 7) is 1.82. The van der Waals surface area contributed by atoms with E-state index in [4.69, 9.17) is 0 Å². The first-order valence-corrected chi connectivity index (χ1v) is 6.78. The van der Waals surface area contributed by atoms with Crippen molar-refractivity contribution in [1.29, 1.82) is 0 Å². The molecule has 1 aromatic carbocycles. The van der Waals surface area contributed by atoms with Crippen LogP contribution in [0.4, 0.5) is 10.1 Å². The van der Waals surface area contributed by atoms with Gasteiger partial charge in [-0.3, -0.25) is 4.79 Å². The van der Waals surface area contributed by atoms with Crippen LogP contribution in [-0.2, 0) is 0 Å². The molecule has 0 aliphatic carbocycles. The fourth-order valence-electron chi connectivity index (χ4n) is 1.77. The molecule has 3 aromatic rings. The second kappa shape index (κ2) is 5.21. The average molecular weight is 350 g/mol. The summed E-state index contributed by atoms with van der Waals surface area (Å²) in [5, 5.41) is 6.49. The summed E-state index contributed by atoms with van der Waals surface area (Å²) in [4.78, 5) is 20.1. The van der Waals surface area contributed by atoms with Crippen LogP contribution >= 0.6 is 15.9 Å². The Hall–Kier alpha value is -2.35. The zero-order valence-corrected chi connectivity index (χ0v) is 12.4. The van der Waals surface area contributed by atoms with Gasteiger partial charge in [-0.25, -0.2) is 13.9 Å². The van der Waals surface area contributed by atoms with Crippen molar-refractivity contribution in [3.05, 3.63) is 52.3 Å². The lowest BCUT2D eigenvalue weighted by Crippen LogP contribution is -2.15. The first kappa shape index (κ1) is 13.6. The van der Waals surface area contributed by atoms with E-state index < -0.39 is 11.7 Å². The lowest BCUT2D eigenvalue weighted by molar-refractivity contribution is 0.101. The van der Waals surface area contributed by atoms with Crippen LogP contribution in [-0.4, -0.2) is 25.5 Å². The molecule has 0 radical (unpaired) electrons. The third-order valence-electron chi connectivity index (χ3n) is 2.81. The summed E-state index contributed by atoms with van der Waals surface area (Å²) in [7, 11) is 0. The molecule has 21 heavy (non-hydrogen) atoms. The third kappa shape index (κ3) is 2.62. The monoisotopic (exact) mass is 349 g/mol. The Morgan fingerprint density at radius 1 is 1.38 bits per heavy atom. The van der Waals surface area contributed by atoms with Gasteiger partial charge in [0.15, 0.2) is 0 Å². The molecule has 1 amide bonds. The van der Waals surface area contributed by atoms with Crippen LogP contribution < -0.4 is 5.32 Å². The SMILES string of the molecule is Cc1ccnc2nc(C(=O)Nc3ccc(Br)cc3F)nn12. The largest absolute Gasteiger partial charge is 0.317 e. The highest BCUT2D eigenvalue weighted by Gasteiger charge is 2.16. The number of carbonyl (C=O) groups excluding carboxylic acids is 1. The number of rotatable bonds is 2. The molecule has 0 spiro atoms. The Morgan fingerprint density at radius 3 is 2.90 bits per heavy atom. The minimum Gasteiger partial charge on any atom is -0.317 e. The Balaban J connectivity index is 1.92. The molecule has 0 atom stereocenters. The lowest BCUT2D eigenvalue weighted by atomic mass is 10.3. The molecular formula is C13H9BrFN5O. The van der Waals surface area contributed by atoms with Crippen molar-refractivity contribution < 1.29 is 9.18 Å². The third-order valence-corrected chi connectivity index (χ3v) is 3.31. The Labute approximate surface area is 127 Å². The summed E-state index contributed by atoms with van der Waals surface area (Å²) in [5.74, 6) is -0.896. The van der Waals surface area contributed by atoms with E-state index in [1.54, 1.807) is 18.3 Å². The number of benzene rings is 1. The summed E-state index contributed by atoms with van der Waals surface area (Å²) in [6, 6.07) is 6.09. The molecule has 8 heteroatoms. The predicted octanol–water partition coefficient (Wildman–Crippen LogP) is 2.59. The van der Waals surface area contributed by atoms with Crippen molar-refractivity contribution in [1.82, 2.24) is 19.6 Å². The number of aromatic nitrogens is 4. The average Bonchev–Trinajstić information content (AvgIpc) is 2.87. The van der Waals surface area contributed by atoms with Gasteiger partial charge >= 0.3 is 0 Å². The van der Waals surface area contributed by atoms with Gasteiger partial charge in [-0.15, -0.1) is 5.10 Å². The first-order valence-electron chi connectivity index (χ1n) is 5.99. The molecule has 0 fully saturated rings. The zero-order valence-electron chi connectivity index (χ0n) is 10.8. The maximum atomic E-state index is 13.7. The molecule has 0 unspecified atom stereocenters. The van der Waals surface area contributed by atoms with Gasteiger partial charge in [0.1, 0.15) is 5.82 Å². The van der Waals surface area contributed by atoms with E-state index in [1.165, 1.54) is 16.6 Å². The molecule has 106 valence electrons. The smallest absolute Gasteiger partial charge is 0.295 e. The van der Waals surface area contributed by atoms with Gasteiger partial charge in [0.25, 0.3) is 11.7 Å². The topological polar surface area (TPSA) is 72.2 Å². The quantitative estimate of drug-likeness (QED) is 0.771. The maximum absolute atomic E-state index is 13.7. The van der Waals surface area contributed by atoms with E-state index in [2.05, 4.69) is 36.3 Å². The van der Waals surface area contributed by atoms with E-state index in [9.17, 15) is 9.18 Å². The number of halogens is 2. The molecule has 3 rings (SSSR count). The van der Waals surface area contributed by atoms with Crippen LogP contribution in [0.15, 0.2) is 34.9 Å². The number of hydrogen-bond donors (Lipinski definition) is 1. The number of hydrogen-bond acceptors (Lipinski definition) is 4. The van der Waals surface area contributed by atoms with E-state index in [0.717, 1.165) is 5.69 Å². The van der Waals surface area contributed by atoms with Crippen LogP contribution in [0.5, 0.6) is 0 Å². The van der Waals surface area contributed by atoms with Gasteiger partial charge in [0, 0.05) is 16.4 Å². The summed E-state index contributed by atoms with van der Waals surface area (Å²) >= 11 is 3.15. The number of fused-ring (bicyclic) bond motifs is 1. The van der Waals surface area contributed by atoms with Crippen LogP contribution in [0.25, 0.3) is 5.78 Å². The van der Waals surface area contributed by atoms with Crippen molar-refractivity contribution in [3.63, 3.8) is 0 Å². The van der Waals surface area contributed by atoms with Gasteiger partial charge in [-0.05, 0) is 31.2 Å². The molecule has 0 aliphatic heterocycles. The number of nitrogens with one attached hydrogen (secondary N) is 1. The summed E-state index contributed by atoms with van der Waals surface area (Å²) < 4.78 is 15.7. The first-order chi connectivity index (χ1) is 10.0. The molecular weight excluding hydrogens is 341 g/mol. The predicted molar refractivity (Wildman–Crippen MR) is 77.6 cm³/mol. The van der Waals surface area contributed by atoms with Crippen molar-refractivity contribution in [2.24, 2.45) is 0 Å². The fraction of sp³-hybridized carbons (Fsp3) is 0.0769. The fourth-order valence-corrected chi connectivity index (χ4v) is 2.10. The van der Waals surface area contributed by atoms with Crippen LogP contribution in [0.1, 0.15) is 16.3 Å². The number of anilines is 1. The minimum atomic E-state index is -0.596. The number of amides is 1. The highest BCUT2D eigenvalue weighted by Crippen LogP contribution is 2.19. The van der Waals surface area contributed by atoms with Crippen molar-refractivity contribution in [2.45, 2.75) is 6.92 Å². The van der Waals surface area contributed by atoms with Gasteiger partial charge in [0.05, 0.1) is 5.69 Å². The standard InChI is InChI=1S/C13H9BrFN5O/c1-7-4-5-16-13-18-11(19-20(7)13)12(21)17-10-3-2-8(14)6-9(10)15/h2-6H,1H3,(H,17,21). The van der Waals surface area contributed by atoms with Crippen LogP contribution in [0, 0.1) is 12.7 Å². The van der Waals surface area contributed by atoms with Gasteiger partial charge in [0.2, 0.25) is 5.82 Å². The van der Waals surface area contributed by atoms with E-state index in [0.29, 0.717) is 10.3 Å². The summed E-state index contributed by atoms with van der Waals surface area (Å²) in [6.07, 6.45) is 1.58. The molecule has 2 heterocycles. The van der Waals surface area contributed by atoms with Gasteiger partial charge < -0.3 is 5.32 Å². The van der Waals surface area contributed by atoms with Gasteiger partial charge in [-0.2, -0.15) is 4.98 Å².